The summed E-state index contributed by atoms with van der Waals surface area (Å²) in [5, 5.41) is 0. The topological polar surface area (TPSA) is 52.6 Å². The molecule has 0 saturated heterocycles. The zero-order chi connectivity index (χ0) is 23.7. The van der Waals surface area contributed by atoms with Gasteiger partial charge in [-0.25, -0.2) is 0 Å². The molecular formula is C27H44O4. The molecule has 4 heteroatoms. The van der Waals surface area contributed by atoms with Crippen molar-refractivity contribution in [2.24, 2.45) is 16.2 Å². The van der Waals surface area contributed by atoms with Gasteiger partial charge in [0.15, 0.2) is 0 Å². The molecule has 1 aromatic carbocycles. The fourth-order valence-electron chi connectivity index (χ4n) is 3.93. The highest BCUT2D eigenvalue weighted by atomic mass is 16.5. The van der Waals surface area contributed by atoms with Gasteiger partial charge in [-0.05, 0) is 83.3 Å². The summed E-state index contributed by atoms with van der Waals surface area (Å²) in [6, 6.07) is 8.55. The van der Waals surface area contributed by atoms with E-state index in [0.29, 0.717) is 13.2 Å². The molecule has 4 nitrogen and oxygen atoms in total. The van der Waals surface area contributed by atoms with Gasteiger partial charge in [-0.3, -0.25) is 9.59 Å². The van der Waals surface area contributed by atoms with Crippen molar-refractivity contribution in [3.8, 4) is 0 Å². The van der Waals surface area contributed by atoms with Crippen molar-refractivity contribution in [1.29, 1.82) is 0 Å². The van der Waals surface area contributed by atoms with Crippen molar-refractivity contribution in [2.45, 2.75) is 93.9 Å². The SMILES string of the molecule is CCOC(=O)C(C)(C)CCc1ccc(CCC(C)(CC(C)(C)CC)C(=O)OCC)cc1. The Bertz CT molecular complexity index is 702. The van der Waals surface area contributed by atoms with E-state index in [0.717, 1.165) is 38.5 Å². The van der Waals surface area contributed by atoms with Crippen LogP contribution < -0.4 is 0 Å². The maximum absolute atomic E-state index is 12.8. The van der Waals surface area contributed by atoms with Crippen LogP contribution in [0.3, 0.4) is 0 Å². The Kier molecular flexibility index (Phi) is 10.3. The number of benzene rings is 1. The lowest BCUT2D eigenvalue weighted by atomic mass is 9.70. The van der Waals surface area contributed by atoms with Crippen LogP contribution >= 0.6 is 0 Å². The molecule has 0 fully saturated rings. The van der Waals surface area contributed by atoms with Crippen LogP contribution in [0.4, 0.5) is 0 Å². The van der Waals surface area contributed by atoms with E-state index in [1.807, 2.05) is 34.6 Å². The van der Waals surface area contributed by atoms with E-state index >= 15 is 0 Å². The summed E-state index contributed by atoms with van der Waals surface area (Å²) in [5.74, 6) is -0.228. The van der Waals surface area contributed by atoms with E-state index in [2.05, 4.69) is 45.0 Å². The molecule has 0 amide bonds. The first-order chi connectivity index (χ1) is 14.4. The lowest BCUT2D eigenvalue weighted by molar-refractivity contribution is -0.157. The van der Waals surface area contributed by atoms with E-state index in [1.165, 1.54) is 11.1 Å². The van der Waals surface area contributed by atoms with Crippen molar-refractivity contribution < 1.29 is 19.1 Å². The summed E-state index contributed by atoms with van der Waals surface area (Å²) in [4.78, 5) is 24.8. The standard InChI is InChI=1S/C27H44O4/c1-9-25(4,5)20-27(8,24(29)31-11-3)19-17-22-14-12-21(13-15-22)16-18-26(6,7)23(28)30-10-2/h12-15H,9-11,16-20H2,1-8H3. The van der Waals surface area contributed by atoms with Crippen molar-refractivity contribution >= 4 is 11.9 Å². The van der Waals surface area contributed by atoms with Crippen LogP contribution in [0.1, 0.15) is 92.2 Å². The second-order valence-electron chi connectivity index (χ2n) is 10.4. The molecule has 0 aromatic heterocycles. The molecule has 0 aliphatic rings. The van der Waals surface area contributed by atoms with Crippen LogP contribution in [0.5, 0.6) is 0 Å². The first kappa shape index (κ1) is 27.2. The fraction of sp³-hybridized carbons (Fsp3) is 0.704. The van der Waals surface area contributed by atoms with Gasteiger partial charge in [0.05, 0.1) is 24.0 Å². The van der Waals surface area contributed by atoms with E-state index in [-0.39, 0.29) is 17.4 Å². The molecule has 1 atom stereocenters. The van der Waals surface area contributed by atoms with Crippen molar-refractivity contribution in [1.82, 2.24) is 0 Å². The summed E-state index contributed by atoms with van der Waals surface area (Å²) in [7, 11) is 0. The van der Waals surface area contributed by atoms with Gasteiger partial charge in [-0.1, -0.05) is 51.5 Å². The highest BCUT2D eigenvalue weighted by Crippen LogP contribution is 2.40. The molecule has 1 rings (SSSR count). The summed E-state index contributed by atoms with van der Waals surface area (Å²) in [5.41, 5.74) is 1.55. The smallest absolute Gasteiger partial charge is 0.311 e. The minimum Gasteiger partial charge on any atom is -0.466 e. The van der Waals surface area contributed by atoms with Crippen LogP contribution in [-0.2, 0) is 31.9 Å². The van der Waals surface area contributed by atoms with E-state index in [9.17, 15) is 9.59 Å². The quantitative estimate of drug-likeness (QED) is 0.332. The average molecular weight is 433 g/mol. The predicted octanol–water partition coefficient (Wildman–Crippen LogP) is 6.54. The maximum Gasteiger partial charge on any atom is 0.311 e. The summed E-state index contributed by atoms with van der Waals surface area (Å²) in [6.07, 6.45) is 5.03. The highest BCUT2D eigenvalue weighted by Gasteiger charge is 2.39. The van der Waals surface area contributed by atoms with Gasteiger partial charge in [0.2, 0.25) is 0 Å². The Hall–Kier alpha value is -1.84. The van der Waals surface area contributed by atoms with Crippen LogP contribution in [0.15, 0.2) is 24.3 Å². The molecule has 1 unspecified atom stereocenters. The van der Waals surface area contributed by atoms with Gasteiger partial charge in [0.25, 0.3) is 0 Å². The number of aryl methyl sites for hydroxylation is 2. The first-order valence-electron chi connectivity index (χ1n) is 11.8. The minimum atomic E-state index is -0.488. The molecule has 0 aliphatic heterocycles. The zero-order valence-electron chi connectivity index (χ0n) is 21.1. The minimum absolute atomic E-state index is 0.0886. The molecule has 31 heavy (non-hydrogen) atoms. The molecule has 0 aliphatic carbocycles. The number of hydrogen-bond donors (Lipinski definition) is 0. The molecule has 0 N–H and O–H groups in total. The van der Waals surface area contributed by atoms with E-state index < -0.39 is 10.8 Å². The van der Waals surface area contributed by atoms with Crippen LogP contribution in [0.25, 0.3) is 0 Å². The second-order valence-corrected chi connectivity index (χ2v) is 10.4. The average Bonchev–Trinajstić information content (AvgIpc) is 2.71. The Balaban J connectivity index is 2.77. The number of ether oxygens (including phenoxy) is 2. The lowest BCUT2D eigenvalue weighted by Crippen LogP contribution is -2.35. The van der Waals surface area contributed by atoms with Crippen LogP contribution in [-0.4, -0.2) is 25.2 Å². The molecular weight excluding hydrogens is 388 g/mol. The number of rotatable bonds is 13. The van der Waals surface area contributed by atoms with Gasteiger partial charge in [0.1, 0.15) is 0 Å². The number of esters is 2. The second kappa shape index (κ2) is 11.7. The zero-order valence-corrected chi connectivity index (χ0v) is 21.1. The summed E-state index contributed by atoms with van der Waals surface area (Å²) in [6.45, 7) is 17.1. The maximum atomic E-state index is 12.8. The summed E-state index contributed by atoms with van der Waals surface area (Å²) < 4.78 is 10.6. The van der Waals surface area contributed by atoms with E-state index in [4.69, 9.17) is 9.47 Å². The Morgan fingerprint density at radius 1 is 0.742 bits per heavy atom. The first-order valence-corrected chi connectivity index (χ1v) is 11.8. The van der Waals surface area contributed by atoms with Crippen molar-refractivity contribution in [2.75, 3.05) is 13.2 Å². The van der Waals surface area contributed by atoms with Gasteiger partial charge in [-0.2, -0.15) is 0 Å². The van der Waals surface area contributed by atoms with Crippen LogP contribution in [0.2, 0.25) is 0 Å². The molecule has 0 saturated carbocycles. The Morgan fingerprint density at radius 2 is 1.19 bits per heavy atom. The van der Waals surface area contributed by atoms with Crippen LogP contribution in [0, 0.1) is 16.2 Å². The van der Waals surface area contributed by atoms with Gasteiger partial charge < -0.3 is 9.47 Å². The third kappa shape index (κ3) is 8.66. The number of hydrogen-bond acceptors (Lipinski definition) is 4. The molecule has 1 aromatic rings. The van der Waals surface area contributed by atoms with Crippen molar-refractivity contribution in [3.63, 3.8) is 0 Å². The normalized spacial score (nSPS) is 14.1. The molecule has 0 radical (unpaired) electrons. The number of carbonyl (C=O) groups excluding carboxylic acids is 2. The van der Waals surface area contributed by atoms with Gasteiger partial charge in [-0.15, -0.1) is 0 Å². The summed E-state index contributed by atoms with van der Waals surface area (Å²) >= 11 is 0. The van der Waals surface area contributed by atoms with E-state index in [1.54, 1.807) is 0 Å². The number of carbonyl (C=O) groups is 2. The third-order valence-electron chi connectivity index (χ3n) is 6.45. The molecule has 176 valence electrons. The Labute approximate surface area is 190 Å². The lowest BCUT2D eigenvalue weighted by Gasteiger charge is -2.35. The third-order valence-corrected chi connectivity index (χ3v) is 6.45. The Morgan fingerprint density at radius 3 is 1.65 bits per heavy atom. The molecule has 0 heterocycles. The predicted molar refractivity (Wildman–Crippen MR) is 127 cm³/mol. The molecule has 0 bridgehead atoms. The van der Waals surface area contributed by atoms with Gasteiger partial charge in [0, 0.05) is 0 Å². The fourth-order valence-corrected chi connectivity index (χ4v) is 3.93. The van der Waals surface area contributed by atoms with Crippen molar-refractivity contribution in [3.05, 3.63) is 35.4 Å². The van der Waals surface area contributed by atoms with Gasteiger partial charge >= 0.3 is 11.9 Å². The monoisotopic (exact) mass is 432 g/mol. The highest BCUT2D eigenvalue weighted by molar-refractivity contribution is 5.76. The largest absolute Gasteiger partial charge is 0.466 e. The molecule has 0 spiro atoms.